The van der Waals surface area contributed by atoms with Crippen molar-refractivity contribution in [3.8, 4) is 0 Å². The Labute approximate surface area is 148 Å². The number of carbonyl (C=O) groups excluding carboxylic acids is 1. The van der Waals surface area contributed by atoms with Gasteiger partial charge in [0.15, 0.2) is 0 Å². The molecule has 0 spiro atoms. The highest BCUT2D eigenvalue weighted by atomic mass is 35.5. The predicted molar refractivity (Wildman–Crippen MR) is 94.2 cm³/mol. The van der Waals surface area contributed by atoms with Crippen LogP contribution in [0.4, 0.5) is 0 Å². The average molecular weight is 370 g/mol. The first-order chi connectivity index (χ1) is 9.70. The zero-order valence-electron chi connectivity index (χ0n) is 13.0. The fourth-order valence-electron chi connectivity index (χ4n) is 2.57. The third kappa shape index (κ3) is 5.35. The molecule has 1 aromatic heterocycles. The van der Waals surface area contributed by atoms with E-state index in [1.165, 1.54) is 0 Å². The number of nitrogens with zero attached hydrogens (tertiary/aromatic N) is 1. The molecule has 2 rings (SSSR count). The van der Waals surface area contributed by atoms with Crippen molar-refractivity contribution in [2.24, 2.45) is 5.41 Å². The molecule has 0 aromatic carbocycles. The fraction of sp³-hybridized carbons (Fsp3) is 0.714. The van der Waals surface area contributed by atoms with Crippen LogP contribution in [0, 0.1) is 5.41 Å². The largest absolute Gasteiger partial charge is 0.384 e. The van der Waals surface area contributed by atoms with Gasteiger partial charge < -0.3 is 15.4 Å². The van der Waals surface area contributed by atoms with Crippen molar-refractivity contribution in [3.63, 3.8) is 0 Å². The van der Waals surface area contributed by atoms with Crippen LogP contribution in [-0.2, 0) is 22.5 Å². The Bertz CT molecular complexity index is 446. The number of carbonyl (C=O) groups is 1. The number of methoxy groups -OCH3 is 1. The van der Waals surface area contributed by atoms with Crippen LogP contribution < -0.4 is 10.6 Å². The minimum Gasteiger partial charge on any atom is -0.384 e. The lowest BCUT2D eigenvalue weighted by Crippen LogP contribution is -2.50. The second kappa shape index (κ2) is 10.4. The normalized spacial score (nSPS) is 16.3. The number of hydrogen-bond donors (Lipinski definition) is 2. The maximum absolute atomic E-state index is 12.5. The first-order valence-electron chi connectivity index (χ1n) is 7.11. The molecule has 2 heterocycles. The van der Waals surface area contributed by atoms with Crippen LogP contribution >= 0.6 is 36.2 Å². The molecule has 22 heavy (non-hydrogen) atoms. The molecule has 1 saturated heterocycles. The van der Waals surface area contributed by atoms with Gasteiger partial charge in [-0.2, -0.15) is 0 Å². The standard InChI is InChI=1S/C14H23N3O2S.2ClH/c1-3-12-17-11(9-20-12)8-16-13(18)14(10-19-2)4-6-15-7-5-14;;/h9,15H,3-8,10H2,1-2H3,(H,16,18);2*1H. The van der Waals surface area contributed by atoms with Crippen molar-refractivity contribution < 1.29 is 9.53 Å². The molecule has 128 valence electrons. The Hall–Kier alpha value is -0.400. The van der Waals surface area contributed by atoms with E-state index < -0.39 is 0 Å². The van der Waals surface area contributed by atoms with Crippen LogP contribution in [0.15, 0.2) is 5.38 Å². The van der Waals surface area contributed by atoms with E-state index >= 15 is 0 Å². The number of aryl methyl sites for hydroxylation is 1. The zero-order chi connectivity index (χ0) is 14.4. The van der Waals surface area contributed by atoms with Gasteiger partial charge in [0.1, 0.15) is 0 Å². The summed E-state index contributed by atoms with van der Waals surface area (Å²) in [6.07, 6.45) is 2.59. The number of aromatic nitrogens is 1. The number of hydrogen-bond acceptors (Lipinski definition) is 5. The van der Waals surface area contributed by atoms with Crippen molar-refractivity contribution in [1.29, 1.82) is 0 Å². The molecular formula is C14H25Cl2N3O2S. The second-order valence-corrected chi connectivity index (χ2v) is 6.17. The summed E-state index contributed by atoms with van der Waals surface area (Å²) in [4.78, 5) is 17.0. The van der Waals surface area contributed by atoms with E-state index in [2.05, 4.69) is 22.5 Å². The Morgan fingerprint density at radius 2 is 2.14 bits per heavy atom. The van der Waals surface area contributed by atoms with Crippen LogP contribution in [0.5, 0.6) is 0 Å². The van der Waals surface area contributed by atoms with Gasteiger partial charge in [-0.1, -0.05) is 6.92 Å². The van der Waals surface area contributed by atoms with Gasteiger partial charge in [-0.3, -0.25) is 4.79 Å². The molecule has 0 bridgehead atoms. The number of halogens is 2. The topological polar surface area (TPSA) is 63.2 Å². The van der Waals surface area contributed by atoms with Crippen LogP contribution in [-0.4, -0.2) is 37.7 Å². The van der Waals surface area contributed by atoms with Crippen molar-refractivity contribution in [2.45, 2.75) is 32.7 Å². The molecule has 0 aliphatic carbocycles. The molecule has 1 aliphatic rings. The maximum Gasteiger partial charge on any atom is 0.228 e. The summed E-state index contributed by atoms with van der Waals surface area (Å²) in [7, 11) is 1.66. The van der Waals surface area contributed by atoms with E-state index in [0.717, 1.165) is 43.1 Å². The molecule has 5 nitrogen and oxygen atoms in total. The Kier molecular flexibility index (Phi) is 10.2. The van der Waals surface area contributed by atoms with E-state index in [4.69, 9.17) is 4.74 Å². The molecule has 2 N–H and O–H groups in total. The minimum absolute atomic E-state index is 0. The maximum atomic E-state index is 12.5. The summed E-state index contributed by atoms with van der Waals surface area (Å²) in [5, 5.41) is 9.45. The van der Waals surface area contributed by atoms with E-state index in [-0.39, 0.29) is 36.1 Å². The van der Waals surface area contributed by atoms with Gasteiger partial charge in [-0.05, 0) is 32.4 Å². The summed E-state index contributed by atoms with van der Waals surface area (Å²) in [6.45, 7) is 4.82. The van der Waals surface area contributed by atoms with Crippen LogP contribution in [0.2, 0.25) is 0 Å². The molecule has 0 atom stereocenters. The van der Waals surface area contributed by atoms with E-state index in [1.807, 2.05) is 5.38 Å². The average Bonchev–Trinajstić information content (AvgIpc) is 2.94. The highest BCUT2D eigenvalue weighted by Crippen LogP contribution is 2.29. The SMILES string of the molecule is CCc1nc(CNC(=O)C2(COC)CCNCC2)cs1.Cl.Cl. The van der Waals surface area contributed by atoms with Gasteiger partial charge in [0.25, 0.3) is 0 Å². The molecule has 0 unspecified atom stereocenters. The van der Waals surface area contributed by atoms with E-state index in [9.17, 15) is 4.79 Å². The summed E-state index contributed by atoms with van der Waals surface area (Å²) in [5.74, 6) is 0.0897. The number of nitrogens with one attached hydrogen (secondary N) is 2. The summed E-state index contributed by atoms with van der Waals surface area (Å²) in [6, 6.07) is 0. The van der Waals surface area contributed by atoms with Gasteiger partial charge >= 0.3 is 0 Å². The zero-order valence-corrected chi connectivity index (χ0v) is 15.5. The van der Waals surface area contributed by atoms with Gasteiger partial charge in [0.2, 0.25) is 5.91 Å². The first kappa shape index (κ1) is 21.6. The van der Waals surface area contributed by atoms with Gasteiger partial charge in [-0.25, -0.2) is 4.98 Å². The lowest BCUT2D eigenvalue weighted by atomic mass is 9.78. The van der Waals surface area contributed by atoms with Crippen molar-refractivity contribution >= 4 is 42.1 Å². The molecule has 1 amide bonds. The molecular weight excluding hydrogens is 345 g/mol. The summed E-state index contributed by atoms with van der Waals surface area (Å²) >= 11 is 1.65. The molecule has 0 saturated carbocycles. The second-order valence-electron chi connectivity index (χ2n) is 5.23. The minimum atomic E-state index is -0.385. The number of thiazole rings is 1. The highest BCUT2D eigenvalue weighted by molar-refractivity contribution is 7.09. The van der Waals surface area contributed by atoms with Gasteiger partial charge in [0, 0.05) is 12.5 Å². The number of rotatable bonds is 6. The Balaban J connectivity index is 0.00000220. The van der Waals surface area contributed by atoms with Gasteiger partial charge in [0.05, 0.1) is 29.3 Å². The predicted octanol–water partition coefficient (Wildman–Crippen LogP) is 2.18. The molecule has 1 fully saturated rings. The van der Waals surface area contributed by atoms with Crippen LogP contribution in [0.3, 0.4) is 0 Å². The Morgan fingerprint density at radius 1 is 1.45 bits per heavy atom. The van der Waals surface area contributed by atoms with E-state index in [1.54, 1.807) is 18.4 Å². The number of amides is 1. The van der Waals surface area contributed by atoms with Crippen LogP contribution in [0.25, 0.3) is 0 Å². The monoisotopic (exact) mass is 369 g/mol. The molecule has 0 radical (unpaired) electrons. The number of piperidine rings is 1. The first-order valence-corrected chi connectivity index (χ1v) is 7.99. The lowest BCUT2D eigenvalue weighted by Gasteiger charge is -2.35. The molecule has 1 aliphatic heterocycles. The highest BCUT2D eigenvalue weighted by Gasteiger charge is 2.39. The van der Waals surface area contributed by atoms with Crippen molar-refractivity contribution in [1.82, 2.24) is 15.6 Å². The van der Waals surface area contributed by atoms with Crippen LogP contribution in [0.1, 0.15) is 30.5 Å². The quantitative estimate of drug-likeness (QED) is 0.806. The van der Waals surface area contributed by atoms with Gasteiger partial charge in [-0.15, -0.1) is 36.2 Å². The smallest absolute Gasteiger partial charge is 0.228 e. The van der Waals surface area contributed by atoms with E-state index in [0.29, 0.717) is 13.2 Å². The lowest BCUT2D eigenvalue weighted by molar-refractivity contribution is -0.136. The summed E-state index contributed by atoms with van der Waals surface area (Å²) in [5.41, 5.74) is 0.561. The van der Waals surface area contributed by atoms with Crippen molar-refractivity contribution in [2.75, 3.05) is 26.8 Å². The third-order valence-electron chi connectivity index (χ3n) is 3.79. The summed E-state index contributed by atoms with van der Waals surface area (Å²) < 4.78 is 5.28. The number of ether oxygens (including phenoxy) is 1. The Morgan fingerprint density at radius 3 is 2.68 bits per heavy atom. The fourth-order valence-corrected chi connectivity index (χ4v) is 3.31. The van der Waals surface area contributed by atoms with Crippen molar-refractivity contribution in [3.05, 3.63) is 16.1 Å². The molecule has 8 heteroatoms. The molecule has 1 aromatic rings. The third-order valence-corrected chi connectivity index (χ3v) is 4.84.